The number of nitrogens with zero attached hydrogens (tertiary/aromatic N) is 5. The number of aromatic hydroxyl groups is 1. The van der Waals surface area contributed by atoms with Gasteiger partial charge in [0.2, 0.25) is 16.7 Å². The molecule has 5 aromatic rings. The summed E-state index contributed by atoms with van der Waals surface area (Å²) in [7, 11) is 0. The Morgan fingerprint density at radius 2 is 1.86 bits per heavy atom. The molecule has 1 amide bonds. The Morgan fingerprint density at radius 3 is 2.54 bits per heavy atom. The molecule has 0 bridgehead atoms. The van der Waals surface area contributed by atoms with Crippen LogP contribution in [0.1, 0.15) is 27.0 Å². The molecule has 1 aliphatic rings. The van der Waals surface area contributed by atoms with Gasteiger partial charge in [-0.3, -0.25) is 9.69 Å². The van der Waals surface area contributed by atoms with E-state index in [4.69, 9.17) is 8.83 Å². The molecule has 1 N–H and O–H groups in total. The second-order valence-corrected chi connectivity index (χ2v) is 10.1. The van der Waals surface area contributed by atoms with E-state index in [9.17, 15) is 9.90 Å². The molecule has 5 heterocycles. The molecular formula is C24H20BrN5O4S. The minimum atomic E-state index is -0.228. The number of furan rings is 2. The molecule has 0 spiro atoms. The first-order chi connectivity index (χ1) is 17.1. The van der Waals surface area contributed by atoms with Crippen molar-refractivity contribution in [2.24, 2.45) is 0 Å². The van der Waals surface area contributed by atoms with Crippen molar-refractivity contribution in [1.29, 1.82) is 0 Å². The highest BCUT2D eigenvalue weighted by molar-refractivity contribution is 9.10. The van der Waals surface area contributed by atoms with Crippen LogP contribution < -0.4 is 0 Å². The molecule has 1 saturated heterocycles. The zero-order chi connectivity index (χ0) is 23.9. The van der Waals surface area contributed by atoms with Crippen LogP contribution >= 0.6 is 27.3 Å². The molecule has 9 nitrogen and oxygen atoms in total. The number of rotatable bonds is 5. The van der Waals surface area contributed by atoms with Gasteiger partial charge < -0.3 is 18.8 Å². The first-order valence-corrected chi connectivity index (χ1v) is 12.6. The summed E-state index contributed by atoms with van der Waals surface area (Å²) in [4.78, 5) is 22.7. The summed E-state index contributed by atoms with van der Waals surface area (Å²) in [6.45, 7) is 2.37. The van der Waals surface area contributed by atoms with Gasteiger partial charge in [-0.1, -0.05) is 39.4 Å². The van der Waals surface area contributed by atoms with E-state index in [2.05, 4.69) is 37.0 Å². The van der Waals surface area contributed by atoms with Gasteiger partial charge in [0.25, 0.3) is 5.91 Å². The number of thiazole rings is 1. The summed E-state index contributed by atoms with van der Waals surface area (Å²) in [5.74, 6) is 1.25. The largest absolute Gasteiger partial charge is 0.492 e. The number of aromatic nitrogens is 3. The van der Waals surface area contributed by atoms with Gasteiger partial charge in [0.1, 0.15) is 0 Å². The number of carbonyl (C=O) groups excluding carboxylic acids is 1. The first-order valence-electron chi connectivity index (χ1n) is 11.0. The van der Waals surface area contributed by atoms with Crippen molar-refractivity contribution in [2.45, 2.75) is 6.04 Å². The van der Waals surface area contributed by atoms with E-state index in [1.807, 2.05) is 18.2 Å². The number of piperazine rings is 1. The quantitative estimate of drug-likeness (QED) is 0.337. The van der Waals surface area contributed by atoms with Gasteiger partial charge in [-0.15, -0.1) is 5.10 Å². The van der Waals surface area contributed by atoms with Crippen LogP contribution in [0.15, 0.2) is 74.4 Å². The molecule has 1 fully saturated rings. The van der Waals surface area contributed by atoms with Gasteiger partial charge in [-0.25, -0.2) is 0 Å². The number of hydrogen-bond donors (Lipinski definition) is 1. The number of carbonyl (C=O) groups is 1. The Bertz CT molecular complexity index is 1470. The Hall–Kier alpha value is -3.41. The highest BCUT2D eigenvalue weighted by Crippen LogP contribution is 2.41. The summed E-state index contributed by atoms with van der Waals surface area (Å²) in [5, 5.41) is 15.7. The van der Waals surface area contributed by atoms with Crippen LogP contribution in [-0.2, 0) is 0 Å². The van der Waals surface area contributed by atoms with Crippen LogP contribution in [0.3, 0.4) is 0 Å². The van der Waals surface area contributed by atoms with E-state index >= 15 is 0 Å². The van der Waals surface area contributed by atoms with Crippen molar-refractivity contribution < 1.29 is 18.7 Å². The number of halogens is 1. The molecule has 0 radical (unpaired) electrons. The SMILES string of the molecule is O=C(c1ccco1)N1CCN(C(c2cccc(Br)c2)c2sc3nc(-c4ccco4)nn3c2O)CC1. The predicted molar refractivity (Wildman–Crippen MR) is 132 cm³/mol. The molecule has 11 heteroatoms. The van der Waals surface area contributed by atoms with E-state index in [0.717, 1.165) is 14.9 Å². The second kappa shape index (κ2) is 8.99. The first kappa shape index (κ1) is 22.1. The van der Waals surface area contributed by atoms with Crippen LogP contribution in [0, 0.1) is 0 Å². The lowest BCUT2D eigenvalue weighted by atomic mass is 10.0. The van der Waals surface area contributed by atoms with Crippen molar-refractivity contribution in [1.82, 2.24) is 24.4 Å². The Labute approximate surface area is 212 Å². The fraction of sp³-hybridized carbons (Fsp3) is 0.208. The summed E-state index contributed by atoms with van der Waals surface area (Å²) in [6, 6.07) is 14.8. The minimum absolute atomic E-state index is 0.0503. The lowest BCUT2D eigenvalue weighted by Gasteiger charge is -2.38. The smallest absolute Gasteiger partial charge is 0.289 e. The maximum absolute atomic E-state index is 12.7. The molecule has 178 valence electrons. The molecular weight excluding hydrogens is 534 g/mol. The third-order valence-corrected chi connectivity index (χ3v) is 7.62. The Morgan fingerprint density at radius 1 is 1.06 bits per heavy atom. The predicted octanol–water partition coefficient (Wildman–Crippen LogP) is 4.66. The standard InChI is InChI=1S/C24H20BrN5O4S/c25-16-5-1-4-15(14-16)19(28-8-10-29(11-9-28)22(31)18-7-3-13-34-18)20-23(32)30-24(35-20)26-21(27-30)17-6-2-12-33-17/h1-7,12-14,19,32H,8-11H2. The summed E-state index contributed by atoms with van der Waals surface area (Å²) < 4.78 is 13.1. The van der Waals surface area contributed by atoms with Crippen molar-refractivity contribution >= 4 is 38.1 Å². The van der Waals surface area contributed by atoms with E-state index in [1.54, 1.807) is 35.4 Å². The van der Waals surface area contributed by atoms with Crippen LogP contribution in [0.25, 0.3) is 16.5 Å². The molecule has 1 unspecified atom stereocenters. The molecule has 1 atom stereocenters. The summed E-state index contributed by atoms with van der Waals surface area (Å²) >= 11 is 4.97. The number of amides is 1. The van der Waals surface area contributed by atoms with Crippen molar-refractivity contribution in [2.75, 3.05) is 26.2 Å². The molecule has 35 heavy (non-hydrogen) atoms. The lowest BCUT2D eigenvalue weighted by molar-refractivity contribution is 0.0568. The van der Waals surface area contributed by atoms with Gasteiger partial charge in [-0.2, -0.15) is 9.50 Å². The normalized spacial score (nSPS) is 15.6. The highest BCUT2D eigenvalue weighted by Gasteiger charge is 2.33. The Balaban J connectivity index is 1.33. The lowest BCUT2D eigenvalue weighted by Crippen LogP contribution is -2.49. The zero-order valence-corrected chi connectivity index (χ0v) is 20.8. The monoisotopic (exact) mass is 553 g/mol. The van der Waals surface area contributed by atoms with Crippen molar-refractivity contribution in [3.05, 3.63) is 81.7 Å². The van der Waals surface area contributed by atoms with Gasteiger partial charge in [0, 0.05) is 30.7 Å². The van der Waals surface area contributed by atoms with Gasteiger partial charge in [0.05, 0.1) is 23.4 Å². The third-order valence-electron chi connectivity index (χ3n) is 6.05. The van der Waals surface area contributed by atoms with Crippen molar-refractivity contribution in [3.8, 4) is 17.5 Å². The minimum Gasteiger partial charge on any atom is -0.492 e. The van der Waals surface area contributed by atoms with Crippen LogP contribution in [0.4, 0.5) is 0 Å². The molecule has 0 saturated carbocycles. The summed E-state index contributed by atoms with van der Waals surface area (Å²) in [5.41, 5.74) is 1.02. The second-order valence-electron chi connectivity index (χ2n) is 8.16. The van der Waals surface area contributed by atoms with E-state index in [0.29, 0.717) is 48.5 Å². The number of fused-ring (bicyclic) bond motifs is 1. The highest BCUT2D eigenvalue weighted by atomic mass is 79.9. The molecule has 1 aromatic carbocycles. The Kier molecular flexibility index (Phi) is 5.67. The molecule has 0 aliphatic carbocycles. The van der Waals surface area contributed by atoms with E-state index in [1.165, 1.54) is 22.1 Å². The van der Waals surface area contributed by atoms with E-state index in [-0.39, 0.29) is 17.8 Å². The third kappa shape index (κ3) is 4.05. The van der Waals surface area contributed by atoms with Gasteiger partial charge >= 0.3 is 0 Å². The zero-order valence-electron chi connectivity index (χ0n) is 18.4. The van der Waals surface area contributed by atoms with Crippen LogP contribution in [0.5, 0.6) is 5.88 Å². The van der Waals surface area contributed by atoms with Crippen molar-refractivity contribution in [3.63, 3.8) is 0 Å². The average Bonchev–Trinajstić information content (AvgIpc) is 3.67. The van der Waals surface area contributed by atoms with Gasteiger partial charge in [-0.05, 0) is 42.0 Å². The van der Waals surface area contributed by atoms with Crippen LogP contribution in [-0.4, -0.2) is 61.6 Å². The topological polar surface area (TPSA) is 100 Å². The fourth-order valence-electron chi connectivity index (χ4n) is 4.38. The molecule has 1 aliphatic heterocycles. The maximum Gasteiger partial charge on any atom is 0.289 e. The van der Waals surface area contributed by atoms with E-state index < -0.39 is 0 Å². The molecule has 6 rings (SSSR count). The molecule has 4 aromatic heterocycles. The van der Waals surface area contributed by atoms with Crippen LogP contribution in [0.2, 0.25) is 0 Å². The van der Waals surface area contributed by atoms with Gasteiger partial charge in [0.15, 0.2) is 11.5 Å². The maximum atomic E-state index is 12.7. The summed E-state index contributed by atoms with van der Waals surface area (Å²) in [6.07, 6.45) is 3.07. The average molecular weight is 554 g/mol. The number of hydrogen-bond acceptors (Lipinski definition) is 8. The number of benzene rings is 1. The fourth-order valence-corrected chi connectivity index (χ4v) is 5.92.